The predicted molar refractivity (Wildman–Crippen MR) is 98.7 cm³/mol. The summed E-state index contributed by atoms with van der Waals surface area (Å²) >= 11 is 0. The van der Waals surface area contributed by atoms with Gasteiger partial charge in [0.25, 0.3) is 0 Å². The van der Waals surface area contributed by atoms with E-state index in [1.54, 1.807) is 6.08 Å². The first-order valence-electron chi connectivity index (χ1n) is 9.02. The number of hydrogen-bond acceptors (Lipinski definition) is 0. The maximum absolute atomic E-state index is 3.63. The Bertz CT molecular complexity index is 280. The second kappa shape index (κ2) is 19.0. The molecule has 0 aromatic carbocycles. The van der Waals surface area contributed by atoms with Crippen LogP contribution in [0.2, 0.25) is 0 Å². The van der Waals surface area contributed by atoms with Crippen LogP contribution >= 0.6 is 0 Å². The molecule has 0 N–H and O–H groups in total. The molecule has 0 amide bonds. The molecule has 0 rings (SSSR count). The zero-order valence-electron chi connectivity index (χ0n) is 14.2. The minimum Gasteiger partial charge on any atom is -0.0991 e. The Labute approximate surface area is 133 Å². The molecule has 0 aliphatic heterocycles. The van der Waals surface area contributed by atoms with Crippen molar-refractivity contribution in [2.24, 2.45) is 0 Å². The number of rotatable bonds is 15. The van der Waals surface area contributed by atoms with Crippen molar-refractivity contribution in [1.29, 1.82) is 0 Å². The van der Waals surface area contributed by atoms with Gasteiger partial charge in [-0.2, -0.15) is 0 Å². The van der Waals surface area contributed by atoms with Gasteiger partial charge in [-0.1, -0.05) is 120 Å². The zero-order chi connectivity index (χ0) is 15.4. The van der Waals surface area contributed by atoms with Gasteiger partial charge in [-0.15, -0.1) is 0 Å². The quantitative estimate of drug-likeness (QED) is 0.216. The van der Waals surface area contributed by atoms with Crippen LogP contribution in [0.25, 0.3) is 0 Å². The summed E-state index contributed by atoms with van der Waals surface area (Å²) < 4.78 is 0. The van der Waals surface area contributed by atoms with Crippen molar-refractivity contribution in [3.63, 3.8) is 0 Å². The normalized spacial score (nSPS) is 12.0. The summed E-state index contributed by atoms with van der Waals surface area (Å²) in [6, 6.07) is 0. The number of unbranched alkanes of at least 4 members (excludes halogenated alkanes) is 11. The molecule has 0 heteroatoms. The largest absolute Gasteiger partial charge is 0.0991 e. The highest BCUT2D eigenvalue weighted by atomic mass is 14.0. The summed E-state index contributed by atoms with van der Waals surface area (Å²) in [7, 11) is 0. The zero-order valence-corrected chi connectivity index (χ0v) is 14.2. The Hall–Kier alpha value is -1.04. The summed E-state index contributed by atoms with van der Waals surface area (Å²) in [6.07, 6.45) is 31.1. The Balaban J connectivity index is 3.15. The second-order valence-corrected chi connectivity index (χ2v) is 5.76. The lowest BCUT2D eigenvalue weighted by Crippen LogP contribution is -1.81. The number of hydrogen-bond donors (Lipinski definition) is 0. The van der Waals surface area contributed by atoms with Crippen molar-refractivity contribution in [1.82, 2.24) is 0 Å². The summed E-state index contributed by atoms with van der Waals surface area (Å²) in [5, 5.41) is 0. The first-order chi connectivity index (χ1) is 10.4. The van der Waals surface area contributed by atoms with Gasteiger partial charge >= 0.3 is 0 Å². The van der Waals surface area contributed by atoms with Gasteiger partial charge in [-0.05, 0) is 12.8 Å². The first kappa shape index (κ1) is 20.0. The lowest BCUT2D eigenvalue weighted by atomic mass is 10.1. The fourth-order valence-corrected chi connectivity index (χ4v) is 2.37. The van der Waals surface area contributed by atoms with Gasteiger partial charge in [0, 0.05) is 0 Å². The van der Waals surface area contributed by atoms with Crippen LogP contribution in [0.4, 0.5) is 0 Å². The molecule has 21 heavy (non-hydrogen) atoms. The molecule has 0 spiro atoms. The fourth-order valence-electron chi connectivity index (χ4n) is 2.37. The first-order valence-corrected chi connectivity index (χ1v) is 9.02. The Morgan fingerprint density at radius 3 is 1.62 bits per heavy atom. The number of allylic oxidation sites excluding steroid dienone is 7. The van der Waals surface area contributed by atoms with Crippen molar-refractivity contribution >= 4 is 0 Å². The van der Waals surface area contributed by atoms with Gasteiger partial charge in [0.15, 0.2) is 0 Å². The van der Waals surface area contributed by atoms with Crippen molar-refractivity contribution in [2.45, 2.75) is 84.0 Å². The minimum absolute atomic E-state index is 1.21. The van der Waals surface area contributed by atoms with Crippen molar-refractivity contribution in [2.75, 3.05) is 0 Å². The molecule has 0 unspecified atom stereocenters. The summed E-state index contributed by atoms with van der Waals surface area (Å²) in [4.78, 5) is 0. The Morgan fingerprint density at radius 1 is 0.571 bits per heavy atom. The second-order valence-electron chi connectivity index (χ2n) is 5.76. The fraction of sp³-hybridized carbons (Fsp3) is 0.619. The van der Waals surface area contributed by atoms with Crippen molar-refractivity contribution in [3.05, 3.63) is 49.1 Å². The Morgan fingerprint density at radius 2 is 1.05 bits per heavy atom. The highest BCUT2D eigenvalue weighted by Gasteiger charge is 1.92. The molecule has 0 atom stereocenters. The topological polar surface area (TPSA) is 0 Å². The summed E-state index contributed by atoms with van der Waals surface area (Å²) in [6.45, 7) is 5.92. The SMILES string of the molecule is C=C/C=C/C=C/C=C/CCCCCCCCCCCCC. The van der Waals surface area contributed by atoms with E-state index < -0.39 is 0 Å². The molecule has 0 fully saturated rings. The van der Waals surface area contributed by atoms with E-state index in [-0.39, 0.29) is 0 Å². The van der Waals surface area contributed by atoms with Gasteiger partial charge in [0.1, 0.15) is 0 Å². The van der Waals surface area contributed by atoms with E-state index in [0.29, 0.717) is 0 Å². The summed E-state index contributed by atoms with van der Waals surface area (Å²) in [5.74, 6) is 0. The predicted octanol–water partition coefficient (Wildman–Crippen LogP) is 7.54. The molecular formula is C21H36. The van der Waals surface area contributed by atoms with Gasteiger partial charge in [-0.3, -0.25) is 0 Å². The molecule has 120 valence electrons. The maximum atomic E-state index is 3.63. The Kier molecular flexibility index (Phi) is 18.0. The van der Waals surface area contributed by atoms with E-state index in [9.17, 15) is 0 Å². The monoisotopic (exact) mass is 288 g/mol. The highest BCUT2D eigenvalue weighted by Crippen LogP contribution is 2.11. The van der Waals surface area contributed by atoms with E-state index in [0.717, 1.165) is 0 Å². The molecular weight excluding hydrogens is 252 g/mol. The molecule has 0 bridgehead atoms. The standard InChI is InChI=1S/C21H36/c1-3-5-7-9-11-13-15-17-19-21-20-18-16-14-12-10-8-6-4-2/h3,5,7,9,11,13,15H,1,4,6,8,10,12,14,16-21H2,2H3/b7-5+,11-9+,15-13+. The van der Waals surface area contributed by atoms with Crippen LogP contribution in [-0.4, -0.2) is 0 Å². The molecule has 0 saturated carbocycles. The third-order valence-corrected chi connectivity index (χ3v) is 3.69. The molecule has 0 aromatic rings. The van der Waals surface area contributed by atoms with Crippen LogP contribution < -0.4 is 0 Å². The maximum Gasteiger partial charge on any atom is -0.0348 e. The van der Waals surface area contributed by atoms with Gasteiger partial charge in [0.05, 0.1) is 0 Å². The molecule has 0 aliphatic rings. The highest BCUT2D eigenvalue weighted by molar-refractivity contribution is 5.14. The average Bonchev–Trinajstić information content (AvgIpc) is 2.50. The van der Waals surface area contributed by atoms with Crippen LogP contribution in [-0.2, 0) is 0 Å². The lowest BCUT2D eigenvalue weighted by molar-refractivity contribution is 0.550. The minimum atomic E-state index is 1.21. The van der Waals surface area contributed by atoms with Crippen molar-refractivity contribution < 1.29 is 0 Å². The molecule has 0 saturated heterocycles. The third kappa shape index (κ3) is 19.0. The molecule has 0 aliphatic carbocycles. The van der Waals surface area contributed by atoms with Gasteiger partial charge in [-0.25, -0.2) is 0 Å². The van der Waals surface area contributed by atoms with Crippen LogP contribution in [0.15, 0.2) is 49.1 Å². The van der Waals surface area contributed by atoms with E-state index in [4.69, 9.17) is 0 Å². The molecule has 0 aromatic heterocycles. The van der Waals surface area contributed by atoms with E-state index in [2.05, 4.69) is 31.7 Å². The summed E-state index contributed by atoms with van der Waals surface area (Å²) in [5.41, 5.74) is 0. The third-order valence-electron chi connectivity index (χ3n) is 3.69. The van der Waals surface area contributed by atoms with E-state index in [1.165, 1.54) is 77.0 Å². The smallest absolute Gasteiger partial charge is 0.0348 e. The van der Waals surface area contributed by atoms with E-state index >= 15 is 0 Å². The van der Waals surface area contributed by atoms with Gasteiger partial charge in [0.2, 0.25) is 0 Å². The lowest BCUT2D eigenvalue weighted by Gasteiger charge is -2.01. The van der Waals surface area contributed by atoms with Gasteiger partial charge < -0.3 is 0 Å². The van der Waals surface area contributed by atoms with Crippen LogP contribution in [0.5, 0.6) is 0 Å². The average molecular weight is 289 g/mol. The van der Waals surface area contributed by atoms with Crippen LogP contribution in [0.1, 0.15) is 84.0 Å². The molecule has 0 nitrogen and oxygen atoms in total. The van der Waals surface area contributed by atoms with E-state index in [1.807, 2.05) is 18.2 Å². The van der Waals surface area contributed by atoms with Crippen LogP contribution in [0, 0.1) is 0 Å². The molecule has 0 heterocycles. The van der Waals surface area contributed by atoms with Crippen molar-refractivity contribution in [3.8, 4) is 0 Å². The molecule has 0 radical (unpaired) electrons. The van der Waals surface area contributed by atoms with Crippen LogP contribution in [0.3, 0.4) is 0 Å².